The number of amides is 2. The molecule has 0 saturated carbocycles. The third-order valence-electron chi connectivity index (χ3n) is 9.04. The fraction of sp³-hybridized carbons (Fsp3) is 0.485. The first-order valence-electron chi connectivity index (χ1n) is 15.0. The van der Waals surface area contributed by atoms with Gasteiger partial charge in [0.2, 0.25) is 11.8 Å². The summed E-state index contributed by atoms with van der Waals surface area (Å²) in [5.41, 5.74) is 1.12. The first-order valence-corrected chi connectivity index (χ1v) is 15.0. The van der Waals surface area contributed by atoms with E-state index in [-0.39, 0.29) is 35.7 Å². The number of carbonyl (C=O) groups excluding carboxylic acids is 2. The normalized spacial score (nSPS) is 21.0. The number of nitrogens with zero attached hydrogens (tertiary/aromatic N) is 2. The molecular formula is C33H42ClN3O6. The molecule has 9 nitrogen and oxygen atoms in total. The van der Waals surface area contributed by atoms with Crippen LogP contribution in [0.2, 0.25) is 0 Å². The average molecular weight is 612 g/mol. The smallest absolute Gasteiger partial charge is 0.335 e. The van der Waals surface area contributed by atoms with Crippen LogP contribution in [0.1, 0.15) is 66.9 Å². The molecule has 3 N–H and O–H groups in total. The van der Waals surface area contributed by atoms with Gasteiger partial charge >= 0.3 is 5.97 Å². The molecule has 2 fully saturated rings. The number of halogens is 1. The van der Waals surface area contributed by atoms with Gasteiger partial charge in [-0.2, -0.15) is 0 Å². The number of unbranched alkanes of at least 4 members (excludes halogenated alkanes) is 1. The van der Waals surface area contributed by atoms with Crippen LogP contribution >= 0.6 is 12.4 Å². The van der Waals surface area contributed by atoms with Crippen molar-refractivity contribution in [2.75, 3.05) is 19.6 Å². The van der Waals surface area contributed by atoms with Crippen LogP contribution in [0.4, 0.5) is 0 Å². The van der Waals surface area contributed by atoms with Gasteiger partial charge in [0.15, 0.2) is 0 Å². The Kier molecular flexibility index (Phi) is 10.5. The first kappa shape index (κ1) is 32.5. The van der Waals surface area contributed by atoms with Gasteiger partial charge in [0.25, 0.3) is 0 Å². The maximum atomic E-state index is 13.7. The number of allylic oxidation sites excluding steroid dienone is 2. The monoisotopic (exact) mass is 611 g/mol. The zero-order valence-corrected chi connectivity index (χ0v) is 25.6. The summed E-state index contributed by atoms with van der Waals surface area (Å²) >= 11 is 0. The Morgan fingerprint density at radius 3 is 2.33 bits per heavy atom. The number of aryl methyl sites for hydroxylation is 1. The van der Waals surface area contributed by atoms with Gasteiger partial charge in [-0.05, 0) is 86.4 Å². The number of hydrogen-bond acceptors (Lipinski definition) is 6. The molecule has 3 aliphatic rings. The molecular weight excluding hydrogens is 570 g/mol. The van der Waals surface area contributed by atoms with Gasteiger partial charge in [0.1, 0.15) is 23.1 Å². The average Bonchev–Trinajstić information content (AvgIpc) is 3.52. The SMILES string of the molecule is CCCCN1C(=O)[C@@H]([C@H](O)C2CC=CC2)NC(=O)C12CCN(Cc1ccc(Oc3ccc(C(=O)O)c(C)c3)cc1)CC2.Cl. The van der Waals surface area contributed by atoms with Crippen LogP contribution < -0.4 is 10.1 Å². The van der Waals surface area contributed by atoms with Crippen molar-refractivity contribution in [1.82, 2.24) is 15.1 Å². The predicted molar refractivity (Wildman–Crippen MR) is 166 cm³/mol. The molecule has 1 spiro atoms. The number of aliphatic hydroxyl groups excluding tert-OH is 1. The van der Waals surface area contributed by atoms with Crippen molar-refractivity contribution >= 4 is 30.2 Å². The lowest BCUT2D eigenvalue weighted by Crippen LogP contribution is -2.75. The summed E-state index contributed by atoms with van der Waals surface area (Å²) in [5.74, 6) is -0.0552. The zero-order valence-electron chi connectivity index (χ0n) is 24.8. The van der Waals surface area contributed by atoms with Gasteiger partial charge in [0.05, 0.1) is 11.7 Å². The Labute approximate surface area is 259 Å². The Hall–Kier alpha value is -3.40. The summed E-state index contributed by atoms with van der Waals surface area (Å²) in [6.07, 6.45) is 7.44. The Morgan fingerprint density at radius 1 is 1.07 bits per heavy atom. The molecule has 2 heterocycles. The van der Waals surface area contributed by atoms with Gasteiger partial charge in [-0.15, -0.1) is 12.4 Å². The molecule has 2 aromatic rings. The second-order valence-electron chi connectivity index (χ2n) is 11.8. The largest absolute Gasteiger partial charge is 0.478 e. The van der Waals surface area contributed by atoms with Crippen molar-refractivity contribution in [2.24, 2.45) is 5.92 Å². The fourth-order valence-electron chi connectivity index (χ4n) is 6.47. The van der Waals surface area contributed by atoms with E-state index >= 15 is 0 Å². The molecule has 43 heavy (non-hydrogen) atoms. The highest BCUT2D eigenvalue weighted by Crippen LogP contribution is 2.36. The lowest BCUT2D eigenvalue weighted by Gasteiger charge is -2.52. The number of likely N-dealkylation sites (tertiary alicyclic amines) is 1. The molecule has 5 rings (SSSR count). The van der Waals surface area contributed by atoms with Gasteiger partial charge in [-0.3, -0.25) is 14.5 Å². The third-order valence-corrected chi connectivity index (χ3v) is 9.04. The van der Waals surface area contributed by atoms with E-state index in [1.54, 1.807) is 30.0 Å². The van der Waals surface area contributed by atoms with Crippen LogP contribution in [0.5, 0.6) is 11.5 Å². The van der Waals surface area contributed by atoms with E-state index in [1.807, 2.05) is 36.4 Å². The number of piperazine rings is 1. The summed E-state index contributed by atoms with van der Waals surface area (Å²) in [5, 5.41) is 23.2. The van der Waals surface area contributed by atoms with Crippen molar-refractivity contribution in [3.05, 3.63) is 71.3 Å². The molecule has 0 bridgehead atoms. The Morgan fingerprint density at radius 2 is 1.72 bits per heavy atom. The van der Waals surface area contributed by atoms with Gasteiger partial charge in [-0.1, -0.05) is 37.6 Å². The van der Waals surface area contributed by atoms with Crippen LogP contribution in [-0.2, 0) is 16.1 Å². The number of ether oxygens (including phenoxy) is 1. The first-order chi connectivity index (χ1) is 20.2. The number of benzene rings is 2. The Balaban J connectivity index is 0.00000423. The predicted octanol–water partition coefficient (Wildman–Crippen LogP) is 4.70. The maximum absolute atomic E-state index is 13.7. The highest BCUT2D eigenvalue weighted by molar-refractivity contribution is 6.00. The second-order valence-corrected chi connectivity index (χ2v) is 11.8. The van der Waals surface area contributed by atoms with E-state index < -0.39 is 23.7 Å². The molecule has 0 radical (unpaired) electrons. The number of carboxylic acid groups (broad SMARTS) is 1. The van der Waals surface area contributed by atoms with Gasteiger partial charge < -0.3 is 25.2 Å². The molecule has 0 aromatic heterocycles. The van der Waals surface area contributed by atoms with Gasteiger partial charge in [-0.25, -0.2) is 4.79 Å². The van der Waals surface area contributed by atoms with Crippen LogP contribution in [-0.4, -0.2) is 75.1 Å². The molecule has 2 aromatic carbocycles. The molecule has 2 amide bonds. The van der Waals surface area contributed by atoms with E-state index in [4.69, 9.17) is 4.74 Å². The van der Waals surface area contributed by atoms with Crippen LogP contribution in [0.25, 0.3) is 0 Å². The van der Waals surface area contributed by atoms with E-state index in [9.17, 15) is 24.6 Å². The molecule has 232 valence electrons. The minimum Gasteiger partial charge on any atom is -0.478 e. The summed E-state index contributed by atoms with van der Waals surface area (Å²) in [6, 6.07) is 11.8. The maximum Gasteiger partial charge on any atom is 0.335 e. The van der Waals surface area contributed by atoms with E-state index in [1.165, 1.54) is 0 Å². The minimum atomic E-state index is -0.962. The van der Waals surface area contributed by atoms with Crippen LogP contribution in [0, 0.1) is 12.8 Å². The number of carbonyl (C=O) groups is 3. The lowest BCUT2D eigenvalue weighted by atomic mass is 9.79. The molecule has 2 atom stereocenters. The van der Waals surface area contributed by atoms with Gasteiger partial charge in [0, 0.05) is 26.2 Å². The van der Waals surface area contributed by atoms with Crippen LogP contribution in [0.3, 0.4) is 0 Å². The summed E-state index contributed by atoms with van der Waals surface area (Å²) < 4.78 is 5.93. The standard InChI is InChI=1S/C33H41N3O6.ClH/c1-3-4-17-36-30(38)28(29(37)24-7-5-6-8-24)34-32(41)33(36)15-18-35(19-16-33)21-23-9-11-25(12-10-23)42-26-13-14-27(31(39)40)22(2)20-26;/h5-6,9-14,20,24,28-29,37H,3-4,7-8,15-19,21H2,1-2H3,(H,34,41)(H,39,40);1H/t28-,29-;/m1./s1. The number of rotatable bonds is 10. The number of aliphatic hydroxyl groups is 1. The summed E-state index contributed by atoms with van der Waals surface area (Å²) in [4.78, 5) is 42.7. The summed E-state index contributed by atoms with van der Waals surface area (Å²) in [7, 11) is 0. The van der Waals surface area contributed by atoms with E-state index in [0.29, 0.717) is 56.1 Å². The van der Waals surface area contributed by atoms with Crippen LogP contribution in [0.15, 0.2) is 54.6 Å². The number of aromatic carboxylic acids is 1. The van der Waals surface area contributed by atoms with Crippen molar-refractivity contribution in [3.63, 3.8) is 0 Å². The van der Waals surface area contributed by atoms with Crippen molar-refractivity contribution in [1.29, 1.82) is 0 Å². The highest BCUT2D eigenvalue weighted by Gasteiger charge is 2.55. The molecule has 2 aliphatic heterocycles. The number of nitrogens with one attached hydrogen (secondary N) is 1. The fourth-order valence-corrected chi connectivity index (χ4v) is 6.47. The summed E-state index contributed by atoms with van der Waals surface area (Å²) in [6.45, 7) is 6.41. The topological polar surface area (TPSA) is 119 Å². The minimum absolute atomic E-state index is 0. The molecule has 1 aliphatic carbocycles. The molecule has 0 unspecified atom stereocenters. The molecule has 2 saturated heterocycles. The second kappa shape index (κ2) is 13.9. The number of carboxylic acids is 1. The van der Waals surface area contributed by atoms with E-state index in [0.717, 1.165) is 31.2 Å². The molecule has 10 heteroatoms. The van der Waals surface area contributed by atoms with Crippen molar-refractivity contribution < 1.29 is 29.3 Å². The Bertz CT molecular complexity index is 1330. The van der Waals surface area contributed by atoms with Crippen molar-refractivity contribution in [3.8, 4) is 11.5 Å². The van der Waals surface area contributed by atoms with E-state index in [2.05, 4.69) is 17.1 Å². The number of hydrogen-bond donors (Lipinski definition) is 3. The quantitative estimate of drug-likeness (QED) is 0.333. The highest BCUT2D eigenvalue weighted by atomic mass is 35.5. The third kappa shape index (κ3) is 6.89. The number of piperidine rings is 1. The lowest BCUT2D eigenvalue weighted by molar-refractivity contribution is -0.165. The van der Waals surface area contributed by atoms with Crippen molar-refractivity contribution in [2.45, 2.75) is 76.6 Å². The zero-order chi connectivity index (χ0) is 29.9.